The molecule has 0 aliphatic heterocycles. The van der Waals surface area contributed by atoms with Gasteiger partial charge in [-0.15, -0.1) is 13.2 Å². The topological polar surface area (TPSA) is 71.1 Å². The van der Waals surface area contributed by atoms with Crippen LogP contribution in [0.3, 0.4) is 0 Å². The molecule has 190 valence electrons. The van der Waals surface area contributed by atoms with Crippen LogP contribution in [0.4, 0.5) is 0 Å². The van der Waals surface area contributed by atoms with Crippen molar-refractivity contribution in [2.75, 3.05) is 33.5 Å². The Morgan fingerprint density at radius 2 is 1.36 bits per heavy atom. The SMILES string of the molecule is C=CCCCCCC/C=C/CCC(CCCC=C)OC(=O)CCC(=O)OCCOCCOC. The van der Waals surface area contributed by atoms with Crippen LogP contribution < -0.4 is 0 Å². The lowest BCUT2D eigenvalue weighted by Gasteiger charge is -2.17. The van der Waals surface area contributed by atoms with Gasteiger partial charge in [0.15, 0.2) is 0 Å². The fourth-order valence-corrected chi connectivity index (χ4v) is 3.15. The number of rotatable bonds is 24. The fraction of sp³-hybridized carbons (Fsp3) is 0.704. The lowest BCUT2D eigenvalue weighted by atomic mass is 10.1. The highest BCUT2D eigenvalue weighted by atomic mass is 16.6. The summed E-state index contributed by atoms with van der Waals surface area (Å²) < 4.78 is 20.8. The molecule has 1 atom stereocenters. The summed E-state index contributed by atoms with van der Waals surface area (Å²) in [6, 6.07) is 0. The number of unbranched alkanes of at least 4 members (excludes halogenated alkanes) is 6. The molecule has 0 spiro atoms. The zero-order valence-corrected chi connectivity index (χ0v) is 20.8. The van der Waals surface area contributed by atoms with Crippen molar-refractivity contribution < 1.29 is 28.5 Å². The van der Waals surface area contributed by atoms with Gasteiger partial charge in [0, 0.05) is 7.11 Å². The van der Waals surface area contributed by atoms with Crippen molar-refractivity contribution in [1.82, 2.24) is 0 Å². The van der Waals surface area contributed by atoms with E-state index < -0.39 is 5.97 Å². The molecule has 0 aliphatic rings. The molecular weight excluding hydrogens is 420 g/mol. The van der Waals surface area contributed by atoms with E-state index in [9.17, 15) is 9.59 Å². The molecule has 0 aromatic heterocycles. The fourth-order valence-electron chi connectivity index (χ4n) is 3.15. The van der Waals surface area contributed by atoms with Gasteiger partial charge >= 0.3 is 11.9 Å². The Labute approximate surface area is 201 Å². The van der Waals surface area contributed by atoms with Crippen LogP contribution in [-0.2, 0) is 28.5 Å². The van der Waals surface area contributed by atoms with Gasteiger partial charge in [-0.1, -0.05) is 37.1 Å². The predicted molar refractivity (Wildman–Crippen MR) is 133 cm³/mol. The van der Waals surface area contributed by atoms with Crippen LogP contribution in [0.2, 0.25) is 0 Å². The van der Waals surface area contributed by atoms with Gasteiger partial charge in [0.05, 0.1) is 32.7 Å². The van der Waals surface area contributed by atoms with Crippen molar-refractivity contribution in [1.29, 1.82) is 0 Å². The van der Waals surface area contributed by atoms with Crippen molar-refractivity contribution in [2.24, 2.45) is 0 Å². The molecule has 6 nitrogen and oxygen atoms in total. The second-order valence-electron chi connectivity index (χ2n) is 7.99. The number of carbonyl (C=O) groups is 2. The third-order valence-electron chi connectivity index (χ3n) is 5.04. The molecule has 0 radical (unpaired) electrons. The Kier molecular flexibility index (Phi) is 23.3. The molecule has 0 aromatic carbocycles. The van der Waals surface area contributed by atoms with Crippen molar-refractivity contribution in [3.63, 3.8) is 0 Å². The largest absolute Gasteiger partial charge is 0.463 e. The predicted octanol–water partition coefficient (Wildman–Crippen LogP) is 6.10. The van der Waals surface area contributed by atoms with E-state index in [1.165, 1.54) is 25.7 Å². The summed E-state index contributed by atoms with van der Waals surface area (Å²) in [6.07, 6.45) is 19.6. The maximum Gasteiger partial charge on any atom is 0.306 e. The zero-order chi connectivity index (χ0) is 24.4. The monoisotopic (exact) mass is 466 g/mol. The van der Waals surface area contributed by atoms with Gasteiger partial charge in [-0.3, -0.25) is 9.59 Å². The summed E-state index contributed by atoms with van der Waals surface area (Å²) in [5.41, 5.74) is 0. The first-order valence-corrected chi connectivity index (χ1v) is 12.4. The Hall–Kier alpha value is -1.92. The minimum atomic E-state index is -0.419. The Bertz CT molecular complexity index is 529. The Morgan fingerprint density at radius 1 is 0.727 bits per heavy atom. The summed E-state index contributed by atoms with van der Waals surface area (Å²) in [4.78, 5) is 24.0. The first kappa shape index (κ1) is 31.1. The van der Waals surface area contributed by atoms with Gasteiger partial charge in [0.1, 0.15) is 12.7 Å². The second-order valence-corrected chi connectivity index (χ2v) is 7.99. The van der Waals surface area contributed by atoms with Crippen molar-refractivity contribution in [2.45, 2.75) is 89.6 Å². The average molecular weight is 467 g/mol. The lowest BCUT2D eigenvalue weighted by molar-refractivity contribution is -0.154. The maximum atomic E-state index is 12.2. The van der Waals surface area contributed by atoms with E-state index in [1.807, 2.05) is 12.2 Å². The number of hydrogen-bond donors (Lipinski definition) is 0. The number of allylic oxidation sites excluding steroid dienone is 4. The second kappa shape index (κ2) is 24.7. The van der Waals surface area contributed by atoms with E-state index in [1.54, 1.807) is 7.11 Å². The highest BCUT2D eigenvalue weighted by Crippen LogP contribution is 2.14. The third kappa shape index (κ3) is 23.0. The molecule has 0 aromatic rings. The van der Waals surface area contributed by atoms with Gasteiger partial charge in [-0.2, -0.15) is 0 Å². The normalized spacial score (nSPS) is 11.9. The number of ether oxygens (including phenoxy) is 4. The first-order chi connectivity index (χ1) is 16.1. The van der Waals surface area contributed by atoms with E-state index in [2.05, 4.69) is 25.3 Å². The summed E-state index contributed by atoms with van der Waals surface area (Å²) in [7, 11) is 1.60. The van der Waals surface area contributed by atoms with Crippen LogP contribution >= 0.6 is 0 Å². The van der Waals surface area contributed by atoms with Gasteiger partial charge in [0.2, 0.25) is 0 Å². The van der Waals surface area contributed by atoms with Gasteiger partial charge in [-0.05, 0) is 57.8 Å². The number of methoxy groups -OCH3 is 1. The van der Waals surface area contributed by atoms with Crippen molar-refractivity contribution >= 4 is 11.9 Å². The van der Waals surface area contributed by atoms with E-state index in [-0.39, 0.29) is 31.5 Å². The van der Waals surface area contributed by atoms with Crippen molar-refractivity contribution in [3.8, 4) is 0 Å². The van der Waals surface area contributed by atoms with Crippen molar-refractivity contribution in [3.05, 3.63) is 37.5 Å². The first-order valence-electron chi connectivity index (χ1n) is 12.4. The quantitative estimate of drug-likeness (QED) is 0.0972. The zero-order valence-electron chi connectivity index (χ0n) is 20.8. The van der Waals surface area contributed by atoms with E-state index in [0.29, 0.717) is 19.8 Å². The highest BCUT2D eigenvalue weighted by molar-refractivity contribution is 5.77. The number of esters is 2. The van der Waals surface area contributed by atoms with E-state index in [4.69, 9.17) is 18.9 Å². The molecule has 0 rings (SSSR count). The third-order valence-corrected chi connectivity index (χ3v) is 5.04. The molecule has 0 fully saturated rings. The summed E-state index contributed by atoms with van der Waals surface area (Å²) in [5.74, 6) is -0.770. The molecule has 0 heterocycles. The van der Waals surface area contributed by atoms with Gasteiger partial charge < -0.3 is 18.9 Å². The summed E-state index contributed by atoms with van der Waals surface area (Å²) in [5, 5.41) is 0. The smallest absolute Gasteiger partial charge is 0.306 e. The highest BCUT2D eigenvalue weighted by Gasteiger charge is 2.15. The molecule has 33 heavy (non-hydrogen) atoms. The number of carbonyl (C=O) groups excluding carboxylic acids is 2. The molecule has 0 saturated carbocycles. The molecule has 0 bridgehead atoms. The standard InChI is InChI=1S/C27H46O6/c1-4-6-8-9-10-11-12-13-14-16-18-25(17-15-7-5-2)33-27(29)20-19-26(28)32-24-23-31-22-21-30-3/h4-5,13-14,25H,1-2,6-12,15-24H2,3H3/b14-13+. The van der Waals surface area contributed by atoms with Crippen LogP contribution in [0.5, 0.6) is 0 Å². The molecular formula is C27H46O6. The minimum Gasteiger partial charge on any atom is -0.463 e. The molecule has 0 amide bonds. The van der Waals surface area contributed by atoms with Crippen LogP contribution in [0, 0.1) is 0 Å². The molecule has 6 heteroatoms. The molecule has 1 unspecified atom stereocenters. The van der Waals surface area contributed by atoms with Gasteiger partial charge in [-0.25, -0.2) is 0 Å². The van der Waals surface area contributed by atoms with Crippen LogP contribution in [-0.4, -0.2) is 51.6 Å². The molecule has 0 saturated heterocycles. The molecule has 0 aliphatic carbocycles. The van der Waals surface area contributed by atoms with Crippen LogP contribution in [0.1, 0.15) is 83.5 Å². The Balaban J connectivity index is 4.06. The van der Waals surface area contributed by atoms with E-state index in [0.717, 1.165) is 44.9 Å². The maximum absolute atomic E-state index is 12.2. The number of hydrogen-bond acceptors (Lipinski definition) is 6. The molecule has 0 N–H and O–H groups in total. The van der Waals surface area contributed by atoms with Crippen LogP contribution in [0.25, 0.3) is 0 Å². The lowest BCUT2D eigenvalue weighted by Crippen LogP contribution is -2.19. The summed E-state index contributed by atoms with van der Waals surface area (Å²) >= 11 is 0. The summed E-state index contributed by atoms with van der Waals surface area (Å²) in [6.45, 7) is 8.94. The van der Waals surface area contributed by atoms with Crippen LogP contribution in [0.15, 0.2) is 37.5 Å². The van der Waals surface area contributed by atoms with Gasteiger partial charge in [0.25, 0.3) is 0 Å². The Morgan fingerprint density at radius 3 is 2.09 bits per heavy atom. The average Bonchev–Trinajstić information content (AvgIpc) is 2.81. The minimum absolute atomic E-state index is 0.0168. The van der Waals surface area contributed by atoms with E-state index >= 15 is 0 Å².